The Morgan fingerprint density at radius 1 is 1.25 bits per heavy atom. The molecular formula is C22H24FN3O2. The van der Waals surface area contributed by atoms with E-state index in [9.17, 15) is 4.79 Å². The van der Waals surface area contributed by atoms with Crippen LogP contribution in [0.15, 0.2) is 47.4 Å². The third kappa shape index (κ3) is 3.30. The van der Waals surface area contributed by atoms with Crippen LogP contribution in [0.5, 0.6) is 5.75 Å². The van der Waals surface area contributed by atoms with Crippen LogP contribution in [0.3, 0.4) is 0 Å². The van der Waals surface area contributed by atoms with E-state index < -0.39 is 5.82 Å². The molecule has 0 atom stereocenters. The molecule has 0 bridgehead atoms. The van der Waals surface area contributed by atoms with Gasteiger partial charge >= 0.3 is 0 Å². The fourth-order valence-corrected chi connectivity index (χ4v) is 3.67. The van der Waals surface area contributed by atoms with Crippen LogP contribution in [-0.2, 0) is 6.42 Å². The summed E-state index contributed by atoms with van der Waals surface area (Å²) in [6, 6.07) is 11.9. The number of nitrogen functional groups attached to an aromatic ring is 1. The Balaban J connectivity index is 1.68. The zero-order chi connectivity index (χ0) is 19.7. The number of pyridine rings is 1. The minimum Gasteiger partial charge on any atom is -0.492 e. The van der Waals surface area contributed by atoms with Crippen molar-refractivity contribution in [2.45, 2.75) is 31.7 Å². The fraction of sp³-hybridized carbons (Fsp3) is 0.318. The van der Waals surface area contributed by atoms with Crippen LogP contribution < -0.4 is 21.2 Å². The van der Waals surface area contributed by atoms with Gasteiger partial charge in [-0.25, -0.2) is 4.39 Å². The van der Waals surface area contributed by atoms with Gasteiger partial charge in [0.2, 0.25) is 0 Å². The summed E-state index contributed by atoms with van der Waals surface area (Å²) >= 11 is 0. The van der Waals surface area contributed by atoms with E-state index in [4.69, 9.17) is 10.5 Å². The summed E-state index contributed by atoms with van der Waals surface area (Å²) in [6.45, 7) is 0.563. The number of hydrogen-bond acceptors (Lipinski definition) is 4. The molecule has 6 heteroatoms. The lowest BCUT2D eigenvalue weighted by atomic mass is 10.1. The molecule has 0 saturated heterocycles. The number of halogens is 1. The molecule has 0 aliphatic heterocycles. The monoisotopic (exact) mass is 381 g/mol. The van der Waals surface area contributed by atoms with Gasteiger partial charge in [0.25, 0.3) is 0 Å². The number of benzene rings is 2. The summed E-state index contributed by atoms with van der Waals surface area (Å²) in [5.41, 5.74) is 7.65. The summed E-state index contributed by atoms with van der Waals surface area (Å²) in [6.07, 6.45) is 5.51. The van der Waals surface area contributed by atoms with E-state index >= 15 is 4.39 Å². The highest BCUT2D eigenvalue weighted by Gasteiger charge is 2.29. The maximum absolute atomic E-state index is 15.0. The molecule has 1 heterocycles. The zero-order valence-electron chi connectivity index (χ0n) is 15.9. The smallest absolute Gasteiger partial charge is 0.191 e. The summed E-state index contributed by atoms with van der Waals surface area (Å²) in [5.74, 6) is -0.291. The van der Waals surface area contributed by atoms with E-state index in [0.717, 1.165) is 25.7 Å². The van der Waals surface area contributed by atoms with Gasteiger partial charge < -0.3 is 20.4 Å². The summed E-state index contributed by atoms with van der Waals surface area (Å²) < 4.78 is 22.6. The van der Waals surface area contributed by atoms with Crippen molar-refractivity contribution < 1.29 is 9.13 Å². The highest BCUT2D eigenvalue weighted by atomic mass is 19.1. The maximum Gasteiger partial charge on any atom is 0.191 e. The average molecular weight is 381 g/mol. The van der Waals surface area contributed by atoms with E-state index in [1.54, 1.807) is 6.20 Å². The van der Waals surface area contributed by atoms with Crippen LogP contribution in [0.25, 0.3) is 10.9 Å². The van der Waals surface area contributed by atoms with Crippen molar-refractivity contribution in [1.82, 2.24) is 4.57 Å². The molecule has 0 radical (unpaired) electrons. The third-order valence-corrected chi connectivity index (χ3v) is 5.23. The summed E-state index contributed by atoms with van der Waals surface area (Å²) in [5, 5.41) is 3.34. The zero-order valence-corrected chi connectivity index (χ0v) is 15.9. The average Bonchev–Trinajstić information content (AvgIpc) is 3.54. The van der Waals surface area contributed by atoms with Crippen molar-refractivity contribution in [3.05, 3.63) is 64.2 Å². The lowest BCUT2D eigenvalue weighted by Gasteiger charge is -2.19. The van der Waals surface area contributed by atoms with Crippen molar-refractivity contribution in [3.63, 3.8) is 0 Å². The SMILES string of the molecule is COc1c(NCCCc2ccccc2)c(F)c(N)c2c(=O)ccn(C3CC3)c12. The van der Waals surface area contributed by atoms with Gasteiger partial charge in [-0.05, 0) is 31.2 Å². The van der Waals surface area contributed by atoms with Gasteiger partial charge in [-0.3, -0.25) is 4.79 Å². The van der Waals surface area contributed by atoms with Crippen molar-refractivity contribution in [2.24, 2.45) is 0 Å². The lowest BCUT2D eigenvalue weighted by molar-refractivity contribution is 0.416. The van der Waals surface area contributed by atoms with Crippen molar-refractivity contribution in [3.8, 4) is 5.75 Å². The molecule has 1 aliphatic carbocycles. The van der Waals surface area contributed by atoms with Gasteiger partial charge in [-0.15, -0.1) is 0 Å². The van der Waals surface area contributed by atoms with E-state index in [0.29, 0.717) is 23.9 Å². The first kappa shape index (κ1) is 18.3. The molecule has 2 aromatic carbocycles. The Morgan fingerprint density at radius 2 is 2.00 bits per heavy atom. The molecule has 4 rings (SSSR count). The Kier molecular flexibility index (Phi) is 4.94. The van der Waals surface area contributed by atoms with Crippen LogP contribution in [0.4, 0.5) is 15.8 Å². The minimum atomic E-state index is -0.630. The van der Waals surface area contributed by atoms with E-state index in [-0.39, 0.29) is 22.2 Å². The van der Waals surface area contributed by atoms with Gasteiger partial charge in [0.1, 0.15) is 5.69 Å². The lowest BCUT2D eigenvalue weighted by Crippen LogP contribution is -2.15. The van der Waals surface area contributed by atoms with Gasteiger partial charge in [0.15, 0.2) is 17.0 Å². The van der Waals surface area contributed by atoms with Crippen LogP contribution >= 0.6 is 0 Å². The van der Waals surface area contributed by atoms with E-state index in [1.807, 2.05) is 22.8 Å². The fourth-order valence-electron chi connectivity index (χ4n) is 3.67. The van der Waals surface area contributed by atoms with Gasteiger partial charge in [-0.1, -0.05) is 30.3 Å². The number of nitrogens with one attached hydrogen (secondary N) is 1. The molecule has 0 unspecified atom stereocenters. The summed E-state index contributed by atoms with van der Waals surface area (Å²) in [7, 11) is 1.49. The second-order valence-corrected chi connectivity index (χ2v) is 7.19. The van der Waals surface area contributed by atoms with Crippen molar-refractivity contribution >= 4 is 22.3 Å². The normalized spacial score (nSPS) is 13.6. The van der Waals surface area contributed by atoms with Crippen LogP contribution in [-0.4, -0.2) is 18.2 Å². The number of aromatic nitrogens is 1. The van der Waals surface area contributed by atoms with E-state index in [2.05, 4.69) is 17.4 Å². The van der Waals surface area contributed by atoms with Crippen LogP contribution in [0.1, 0.15) is 30.9 Å². The maximum atomic E-state index is 15.0. The second kappa shape index (κ2) is 7.54. The van der Waals surface area contributed by atoms with Crippen molar-refractivity contribution in [1.29, 1.82) is 0 Å². The third-order valence-electron chi connectivity index (χ3n) is 5.23. The molecule has 0 spiro atoms. The Bertz CT molecular complexity index is 1060. The first-order chi connectivity index (χ1) is 13.6. The van der Waals surface area contributed by atoms with E-state index in [1.165, 1.54) is 18.7 Å². The highest BCUT2D eigenvalue weighted by molar-refractivity contribution is 6.00. The predicted octanol–water partition coefficient (Wildman–Crippen LogP) is 4.11. The topological polar surface area (TPSA) is 69.3 Å². The molecule has 3 N–H and O–H groups in total. The number of fused-ring (bicyclic) bond motifs is 1. The molecule has 5 nitrogen and oxygen atoms in total. The molecule has 1 aliphatic rings. The molecule has 0 amide bonds. The van der Waals surface area contributed by atoms with Crippen LogP contribution in [0, 0.1) is 5.82 Å². The van der Waals surface area contributed by atoms with Gasteiger partial charge in [0, 0.05) is 24.8 Å². The molecular weight excluding hydrogens is 357 g/mol. The standard InChI is InChI=1S/C22H24FN3O2/c1-28-22-20(25-12-5-8-14-6-3-2-4-7-14)18(23)19(24)17-16(27)11-13-26(21(17)22)15-9-10-15/h2-4,6-7,11,13,15,25H,5,8-10,12,24H2,1H3. The number of hydrogen-bond donors (Lipinski definition) is 2. The predicted molar refractivity (Wildman–Crippen MR) is 111 cm³/mol. The van der Waals surface area contributed by atoms with Gasteiger partial charge in [0.05, 0.1) is 23.7 Å². The largest absolute Gasteiger partial charge is 0.492 e. The number of rotatable bonds is 7. The van der Waals surface area contributed by atoms with Crippen molar-refractivity contribution in [2.75, 3.05) is 24.7 Å². The first-order valence-electron chi connectivity index (χ1n) is 9.59. The summed E-state index contributed by atoms with van der Waals surface area (Å²) in [4.78, 5) is 12.4. The quantitative estimate of drug-likeness (QED) is 0.477. The molecule has 3 aromatic rings. The minimum absolute atomic E-state index is 0.124. The number of anilines is 2. The first-order valence-corrected chi connectivity index (χ1v) is 9.59. The number of methoxy groups -OCH3 is 1. The molecule has 1 saturated carbocycles. The number of aryl methyl sites for hydroxylation is 1. The molecule has 1 aromatic heterocycles. The Hall–Kier alpha value is -3.02. The highest BCUT2D eigenvalue weighted by Crippen LogP contribution is 2.44. The second-order valence-electron chi connectivity index (χ2n) is 7.19. The number of ether oxygens (including phenoxy) is 1. The molecule has 1 fully saturated rings. The molecule has 146 valence electrons. The molecule has 28 heavy (non-hydrogen) atoms. The Morgan fingerprint density at radius 3 is 2.68 bits per heavy atom. The number of nitrogens with two attached hydrogens (primary N) is 1. The Labute approximate surface area is 162 Å². The van der Waals surface area contributed by atoms with Crippen LogP contribution in [0.2, 0.25) is 0 Å². The van der Waals surface area contributed by atoms with Gasteiger partial charge in [-0.2, -0.15) is 0 Å². The number of nitrogens with zero attached hydrogens (tertiary/aromatic N) is 1.